The summed E-state index contributed by atoms with van der Waals surface area (Å²) in [5, 5.41) is 27.8. The number of aromatic amines is 1. The molecule has 1 amide bonds. The van der Waals surface area contributed by atoms with E-state index in [1.165, 1.54) is 0 Å². The molecule has 7 heteroatoms. The SMILES string of the molecule is CCCCCOc1cccc(C2c3c(-c4cc(C)cc(C)c4O)n[nH]c3C(=O)N2CCO)c1. The van der Waals surface area contributed by atoms with E-state index in [1.807, 2.05) is 50.2 Å². The van der Waals surface area contributed by atoms with Gasteiger partial charge < -0.3 is 19.8 Å². The molecule has 0 fully saturated rings. The molecule has 0 saturated heterocycles. The number of aryl methyl sites for hydroxylation is 2. The largest absolute Gasteiger partial charge is 0.507 e. The first-order valence-corrected chi connectivity index (χ1v) is 11.5. The van der Waals surface area contributed by atoms with Gasteiger partial charge in [0.2, 0.25) is 0 Å². The average molecular weight is 450 g/mol. The maximum atomic E-state index is 13.2. The molecule has 2 heterocycles. The zero-order valence-electron chi connectivity index (χ0n) is 19.4. The van der Waals surface area contributed by atoms with E-state index in [0.717, 1.165) is 41.7 Å². The van der Waals surface area contributed by atoms with Crippen LogP contribution in [0.15, 0.2) is 36.4 Å². The van der Waals surface area contributed by atoms with E-state index in [-0.39, 0.29) is 24.8 Å². The Morgan fingerprint density at radius 3 is 2.76 bits per heavy atom. The lowest BCUT2D eigenvalue weighted by Gasteiger charge is -2.26. The third-order valence-electron chi connectivity index (χ3n) is 6.10. The number of ether oxygens (including phenoxy) is 1. The number of carbonyl (C=O) groups is 1. The average Bonchev–Trinajstić information content (AvgIpc) is 3.33. The molecule has 0 spiro atoms. The number of hydrogen-bond acceptors (Lipinski definition) is 5. The number of nitrogens with zero attached hydrogens (tertiary/aromatic N) is 2. The fourth-order valence-corrected chi connectivity index (χ4v) is 4.54. The van der Waals surface area contributed by atoms with Crippen LogP contribution in [-0.4, -0.2) is 51.0 Å². The molecular formula is C26H31N3O4. The molecule has 2 aromatic carbocycles. The maximum Gasteiger partial charge on any atom is 0.273 e. The Labute approximate surface area is 194 Å². The van der Waals surface area contributed by atoms with Gasteiger partial charge in [-0.1, -0.05) is 38.0 Å². The van der Waals surface area contributed by atoms with Crippen LogP contribution in [0.1, 0.15) is 65.0 Å². The van der Waals surface area contributed by atoms with Gasteiger partial charge in [0.05, 0.1) is 19.3 Å². The van der Waals surface area contributed by atoms with Gasteiger partial charge in [-0.05, 0) is 55.2 Å². The first kappa shape index (κ1) is 22.9. The lowest BCUT2D eigenvalue weighted by atomic mass is 9.94. The van der Waals surface area contributed by atoms with E-state index in [4.69, 9.17) is 4.74 Å². The first-order chi connectivity index (χ1) is 16.0. The normalized spacial score (nSPS) is 15.2. The van der Waals surface area contributed by atoms with Crippen molar-refractivity contribution >= 4 is 5.91 Å². The second-order valence-electron chi connectivity index (χ2n) is 8.59. The van der Waals surface area contributed by atoms with Crippen LogP contribution in [0.25, 0.3) is 11.3 Å². The van der Waals surface area contributed by atoms with Crippen LogP contribution >= 0.6 is 0 Å². The highest BCUT2D eigenvalue weighted by molar-refractivity contribution is 6.00. The van der Waals surface area contributed by atoms with Gasteiger partial charge in [-0.3, -0.25) is 9.89 Å². The molecule has 0 radical (unpaired) electrons. The predicted molar refractivity (Wildman–Crippen MR) is 127 cm³/mol. The number of fused-ring (bicyclic) bond motifs is 1. The summed E-state index contributed by atoms with van der Waals surface area (Å²) in [6, 6.07) is 11.1. The van der Waals surface area contributed by atoms with Crippen LogP contribution in [0.3, 0.4) is 0 Å². The molecule has 1 aromatic heterocycles. The van der Waals surface area contributed by atoms with Gasteiger partial charge in [-0.25, -0.2) is 0 Å². The van der Waals surface area contributed by atoms with Crippen LogP contribution in [0.4, 0.5) is 0 Å². The van der Waals surface area contributed by atoms with Gasteiger partial charge in [0.25, 0.3) is 5.91 Å². The van der Waals surface area contributed by atoms with Gasteiger partial charge >= 0.3 is 0 Å². The Balaban J connectivity index is 1.79. The number of aliphatic hydroxyl groups is 1. The van der Waals surface area contributed by atoms with Crippen molar-refractivity contribution in [3.05, 3.63) is 64.3 Å². The lowest BCUT2D eigenvalue weighted by Crippen LogP contribution is -2.32. The highest BCUT2D eigenvalue weighted by Crippen LogP contribution is 2.45. The van der Waals surface area contributed by atoms with Crippen molar-refractivity contribution in [3.8, 4) is 22.8 Å². The number of H-pyrrole nitrogens is 1. The molecule has 3 N–H and O–H groups in total. The number of benzene rings is 2. The summed E-state index contributed by atoms with van der Waals surface area (Å²) in [7, 11) is 0. The summed E-state index contributed by atoms with van der Waals surface area (Å²) in [6.07, 6.45) is 3.23. The van der Waals surface area contributed by atoms with Crippen molar-refractivity contribution in [1.82, 2.24) is 15.1 Å². The number of nitrogens with one attached hydrogen (secondary N) is 1. The van der Waals surface area contributed by atoms with Gasteiger partial charge in [0.1, 0.15) is 22.9 Å². The van der Waals surface area contributed by atoms with E-state index in [9.17, 15) is 15.0 Å². The summed E-state index contributed by atoms with van der Waals surface area (Å²) in [6.45, 7) is 6.63. The number of aliphatic hydroxyl groups excluding tert-OH is 1. The molecule has 1 atom stereocenters. The molecule has 1 aliphatic heterocycles. The zero-order valence-corrected chi connectivity index (χ0v) is 19.4. The Morgan fingerprint density at radius 2 is 2.00 bits per heavy atom. The number of aromatic nitrogens is 2. The second-order valence-corrected chi connectivity index (χ2v) is 8.59. The Hall–Kier alpha value is -3.32. The van der Waals surface area contributed by atoms with E-state index in [2.05, 4.69) is 17.1 Å². The standard InChI is InChI=1S/C26H31N3O4/c1-4-5-6-12-33-19-9-7-8-18(15-19)24-21-22(20-14-16(2)13-17(3)25(20)31)27-28-23(21)26(32)29(24)10-11-30/h7-9,13-15,24,30-31H,4-6,10-12H2,1-3H3,(H,27,28). The van der Waals surface area contributed by atoms with Crippen LogP contribution in [-0.2, 0) is 0 Å². The molecule has 0 aliphatic carbocycles. The quantitative estimate of drug-likeness (QED) is 0.418. The lowest BCUT2D eigenvalue weighted by molar-refractivity contribution is 0.0706. The number of phenolic OH excluding ortho intramolecular Hbond substituents is 1. The molecule has 0 bridgehead atoms. The third kappa shape index (κ3) is 4.33. The Bertz CT molecular complexity index is 1150. The number of unbranched alkanes of at least 4 members (excludes halogenated alkanes) is 2. The smallest absolute Gasteiger partial charge is 0.273 e. The molecular weight excluding hydrogens is 418 g/mol. The van der Waals surface area contributed by atoms with E-state index in [0.29, 0.717) is 29.1 Å². The van der Waals surface area contributed by atoms with Gasteiger partial charge in [-0.15, -0.1) is 0 Å². The molecule has 3 aromatic rings. The van der Waals surface area contributed by atoms with E-state index in [1.54, 1.807) is 4.90 Å². The molecule has 1 unspecified atom stereocenters. The van der Waals surface area contributed by atoms with Crippen LogP contribution in [0, 0.1) is 13.8 Å². The first-order valence-electron chi connectivity index (χ1n) is 11.5. The van der Waals surface area contributed by atoms with Crippen molar-refractivity contribution in [2.45, 2.75) is 46.1 Å². The highest BCUT2D eigenvalue weighted by Gasteiger charge is 2.42. The second kappa shape index (κ2) is 9.67. The number of rotatable bonds is 9. The monoisotopic (exact) mass is 449 g/mol. The number of phenols is 1. The number of aromatic hydroxyl groups is 1. The van der Waals surface area contributed by atoms with Crippen molar-refractivity contribution in [2.75, 3.05) is 19.8 Å². The fraction of sp³-hybridized carbons (Fsp3) is 0.385. The van der Waals surface area contributed by atoms with Gasteiger partial charge in [0, 0.05) is 17.7 Å². The minimum Gasteiger partial charge on any atom is -0.507 e. The van der Waals surface area contributed by atoms with E-state index >= 15 is 0 Å². The summed E-state index contributed by atoms with van der Waals surface area (Å²) < 4.78 is 5.95. The Morgan fingerprint density at radius 1 is 1.18 bits per heavy atom. The minimum atomic E-state index is -0.451. The molecule has 7 nitrogen and oxygen atoms in total. The van der Waals surface area contributed by atoms with Crippen LogP contribution < -0.4 is 4.74 Å². The van der Waals surface area contributed by atoms with Gasteiger partial charge in [0.15, 0.2) is 0 Å². The van der Waals surface area contributed by atoms with Crippen molar-refractivity contribution in [3.63, 3.8) is 0 Å². The Kier molecular flexibility index (Phi) is 6.70. The number of β-amino-alcohol motifs (C(OH)–C–C–N with tert-alkyl or cyclic N) is 1. The number of amides is 1. The summed E-state index contributed by atoms with van der Waals surface area (Å²) >= 11 is 0. The molecule has 1 aliphatic rings. The van der Waals surface area contributed by atoms with Crippen molar-refractivity contribution in [1.29, 1.82) is 0 Å². The molecule has 33 heavy (non-hydrogen) atoms. The topological polar surface area (TPSA) is 98.7 Å². The third-order valence-corrected chi connectivity index (χ3v) is 6.10. The van der Waals surface area contributed by atoms with Crippen LogP contribution in [0.2, 0.25) is 0 Å². The van der Waals surface area contributed by atoms with Crippen LogP contribution in [0.5, 0.6) is 11.5 Å². The van der Waals surface area contributed by atoms with Gasteiger partial charge in [-0.2, -0.15) is 5.10 Å². The molecule has 174 valence electrons. The highest BCUT2D eigenvalue weighted by atomic mass is 16.5. The molecule has 4 rings (SSSR count). The number of hydrogen-bond donors (Lipinski definition) is 3. The summed E-state index contributed by atoms with van der Waals surface area (Å²) in [5.74, 6) is 0.670. The van der Waals surface area contributed by atoms with E-state index < -0.39 is 6.04 Å². The summed E-state index contributed by atoms with van der Waals surface area (Å²) in [5.41, 5.74) is 4.83. The minimum absolute atomic E-state index is 0.148. The maximum absolute atomic E-state index is 13.2. The zero-order chi connectivity index (χ0) is 23.5. The van der Waals surface area contributed by atoms with Crippen molar-refractivity contribution < 1.29 is 19.7 Å². The van der Waals surface area contributed by atoms with Crippen molar-refractivity contribution in [2.24, 2.45) is 0 Å². The fourth-order valence-electron chi connectivity index (χ4n) is 4.54. The predicted octanol–water partition coefficient (Wildman–Crippen LogP) is 4.51. The summed E-state index contributed by atoms with van der Waals surface area (Å²) in [4.78, 5) is 14.9. The number of carbonyl (C=O) groups excluding carboxylic acids is 1. The molecule has 0 saturated carbocycles.